The van der Waals surface area contributed by atoms with Crippen LogP contribution in [0, 0.1) is 0 Å². The molecule has 118 valence electrons. The van der Waals surface area contributed by atoms with E-state index < -0.39 is 6.04 Å². The van der Waals surface area contributed by atoms with E-state index in [-0.39, 0.29) is 11.5 Å². The molecule has 0 saturated carbocycles. The summed E-state index contributed by atoms with van der Waals surface area (Å²) in [5.74, 6) is -0.192. The Morgan fingerprint density at radius 3 is 2.52 bits per heavy atom. The summed E-state index contributed by atoms with van der Waals surface area (Å²) in [7, 11) is 0. The van der Waals surface area contributed by atoms with Gasteiger partial charge in [-0.25, -0.2) is 0 Å². The van der Waals surface area contributed by atoms with Crippen LogP contribution in [-0.2, 0) is 11.2 Å². The van der Waals surface area contributed by atoms with Crippen LogP contribution in [-0.4, -0.2) is 9.86 Å². The molecule has 2 aromatic carbocycles. The maximum atomic E-state index is 12.4. The molecule has 3 aromatic rings. The zero-order valence-corrected chi connectivity index (χ0v) is 13.9. The molecule has 0 unspecified atom stereocenters. The van der Waals surface area contributed by atoms with Gasteiger partial charge in [0.1, 0.15) is 6.04 Å². The van der Waals surface area contributed by atoms with E-state index in [1.807, 2.05) is 42.5 Å². The van der Waals surface area contributed by atoms with E-state index in [0.29, 0.717) is 5.39 Å². The first-order valence-corrected chi connectivity index (χ1v) is 8.38. The Kier molecular flexibility index (Phi) is 4.30. The molecule has 0 spiro atoms. The number of hydrogen-bond acceptors (Lipinski definition) is 3. The highest BCUT2D eigenvalue weighted by Gasteiger charge is 2.19. The fourth-order valence-corrected chi connectivity index (χ4v) is 3.46. The highest BCUT2D eigenvalue weighted by Crippen LogP contribution is 2.20. The minimum atomic E-state index is -0.550. The molecule has 0 radical (unpaired) electrons. The van der Waals surface area contributed by atoms with Crippen molar-refractivity contribution in [2.75, 3.05) is 5.32 Å². The number of nitrogens with zero attached hydrogens (tertiary/aromatic N) is 1. The van der Waals surface area contributed by atoms with Crippen LogP contribution in [0.5, 0.6) is 0 Å². The molecule has 0 aliphatic heterocycles. The predicted molar refractivity (Wildman–Crippen MR) is 95.2 cm³/mol. The van der Waals surface area contributed by atoms with E-state index in [1.54, 1.807) is 13.0 Å². The van der Waals surface area contributed by atoms with Crippen LogP contribution in [0.2, 0.25) is 0 Å². The first-order valence-electron chi connectivity index (χ1n) is 7.60. The molecule has 1 heterocycles. The number of nitrogens with one attached hydrogen (secondary N) is 1. The maximum absolute atomic E-state index is 12.4. The lowest BCUT2D eigenvalue weighted by molar-refractivity contribution is -0.118. The van der Waals surface area contributed by atoms with Gasteiger partial charge in [-0.05, 0) is 43.2 Å². The number of rotatable bonds is 4. The van der Waals surface area contributed by atoms with Crippen molar-refractivity contribution in [3.05, 3.63) is 64.4 Å². The number of benzene rings is 2. The Labute approximate surface area is 138 Å². The molecule has 3 rings (SSSR count). The van der Waals surface area contributed by atoms with Crippen LogP contribution in [0.1, 0.15) is 25.5 Å². The maximum Gasteiger partial charge on any atom is 0.269 e. The lowest BCUT2D eigenvalue weighted by Crippen LogP contribution is -2.28. The van der Waals surface area contributed by atoms with Crippen molar-refractivity contribution in [2.45, 2.75) is 26.3 Å². The number of anilines is 1. The lowest BCUT2D eigenvalue weighted by Gasteiger charge is -2.12. The number of carbonyl (C=O) groups excluding carboxylic acids is 1. The van der Waals surface area contributed by atoms with E-state index in [1.165, 1.54) is 21.1 Å². The largest absolute Gasteiger partial charge is 0.324 e. The number of carbonyl (C=O) groups is 1. The fraction of sp³-hybridized carbons (Fsp3) is 0.222. The number of fused-ring (bicyclic) bond motifs is 1. The zero-order chi connectivity index (χ0) is 16.4. The molecule has 0 aliphatic carbocycles. The van der Waals surface area contributed by atoms with E-state index in [0.717, 1.165) is 16.8 Å². The zero-order valence-electron chi connectivity index (χ0n) is 13.1. The van der Waals surface area contributed by atoms with Crippen LogP contribution in [0.3, 0.4) is 0 Å². The van der Waals surface area contributed by atoms with Gasteiger partial charge in [0.25, 0.3) is 5.56 Å². The van der Waals surface area contributed by atoms with Gasteiger partial charge >= 0.3 is 0 Å². The number of aromatic nitrogens is 1. The summed E-state index contributed by atoms with van der Waals surface area (Å²) < 4.78 is 2.42. The van der Waals surface area contributed by atoms with Gasteiger partial charge < -0.3 is 5.32 Å². The molecule has 0 saturated heterocycles. The SMILES string of the molecule is CCc1ccc(NC(=O)[C@H](C)n2sc3ccccc3c2=O)cc1. The van der Waals surface area contributed by atoms with Crippen LogP contribution in [0.15, 0.2) is 53.3 Å². The van der Waals surface area contributed by atoms with Crippen molar-refractivity contribution in [3.8, 4) is 0 Å². The van der Waals surface area contributed by atoms with Gasteiger partial charge in [0.2, 0.25) is 5.91 Å². The summed E-state index contributed by atoms with van der Waals surface area (Å²) in [5.41, 5.74) is 1.85. The smallest absolute Gasteiger partial charge is 0.269 e. The third kappa shape index (κ3) is 3.05. The Hall–Kier alpha value is -2.40. The Morgan fingerprint density at radius 2 is 1.87 bits per heavy atom. The van der Waals surface area contributed by atoms with Gasteiger partial charge in [0, 0.05) is 5.69 Å². The monoisotopic (exact) mass is 326 g/mol. The van der Waals surface area contributed by atoms with E-state index in [4.69, 9.17) is 0 Å². The third-order valence-corrected chi connectivity index (χ3v) is 5.11. The van der Waals surface area contributed by atoms with Crippen LogP contribution in [0.4, 0.5) is 5.69 Å². The normalized spacial score (nSPS) is 12.3. The molecule has 0 fully saturated rings. The Bertz CT molecular complexity index is 893. The van der Waals surface area contributed by atoms with Gasteiger partial charge in [-0.1, -0.05) is 42.7 Å². The summed E-state index contributed by atoms with van der Waals surface area (Å²) in [6, 6.07) is 14.6. The molecular formula is C18H18N2O2S. The number of amides is 1. The summed E-state index contributed by atoms with van der Waals surface area (Å²) in [6.45, 7) is 3.83. The highest BCUT2D eigenvalue weighted by atomic mass is 32.1. The second-order valence-corrected chi connectivity index (χ2v) is 6.45. The van der Waals surface area contributed by atoms with Crippen molar-refractivity contribution in [3.63, 3.8) is 0 Å². The molecule has 1 N–H and O–H groups in total. The highest BCUT2D eigenvalue weighted by molar-refractivity contribution is 7.14. The van der Waals surface area contributed by atoms with Crippen LogP contribution in [0.25, 0.3) is 10.1 Å². The van der Waals surface area contributed by atoms with Crippen LogP contribution >= 0.6 is 11.5 Å². The summed E-state index contributed by atoms with van der Waals surface area (Å²) in [5, 5.41) is 3.53. The lowest BCUT2D eigenvalue weighted by atomic mass is 10.1. The first-order chi connectivity index (χ1) is 11.1. The van der Waals surface area contributed by atoms with Crippen molar-refractivity contribution in [1.82, 2.24) is 3.96 Å². The van der Waals surface area contributed by atoms with Crippen molar-refractivity contribution >= 4 is 33.2 Å². The van der Waals surface area contributed by atoms with E-state index in [9.17, 15) is 9.59 Å². The minimum absolute atomic E-state index is 0.116. The molecule has 23 heavy (non-hydrogen) atoms. The second kappa shape index (κ2) is 6.38. The Balaban J connectivity index is 1.83. The van der Waals surface area contributed by atoms with Crippen LogP contribution < -0.4 is 10.9 Å². The molecule has 0 aliphatic rings. The average molecular weight is 326 g/mol. The van der Waals surface area contributed by atoms with Crippen molar-refractivity contribution in [1.29, 1.82) is 0 Å². The molecule has 4 nitrogen and oxygen atoms in total. The van der Waals surface area contributed by atoms with Gasteiger partial charge in [-0.2, -0.15) is 0 Å². The Morgan fingerprint density at radius 1 is 1.17 bits per heavy atom. The molecule has 1 amide bonds. The minimum Gasteiger partial charge on any atom is -0.324 e. The molecule has 5 heteroatoms. The van der Waals surface area contributed by atoms with Crippen molar-refractivity contribution < 1.29 is 4.79 Å². The second-order valence-electron chi connectivity index (χ2n) is 5.43. The molecule has 1 aromatic heterocycles. The summed E-state index contributed by atoms with van der Waals surface area (Å²) in [4.78, 5) is 24.8. The first kappa shape index (κ1) is 15.5. The van der Waals surface area contributed by atoms with Gasteiger partial charge in [0.15, 0.2) is 0 Å². The quantitative estimate of drug-likeness (QED) is 0.792. The molecular weight excluding hydrogens is 308 g/mol. The predicted octanol–water partition coefficient (Wildman–Crippen LogP) is 3.83. The van der Waals surface area contributed by atoms with E-state index in [2.05, 4.69) is 12.2 Å². The average Bonchev–Trinajstić information content (AvgIpc) is 2.92. The van der Waals surface area contributed by atoms with Crippen molar-refractivity contribution in [2.24, 2.45) is 0 Å². The topological polar surface area (TPSA) is 51.1 Å². The van der Waals surface area contributed by atoms with Gasteiger partial charge in [-0.3, -0.25) is 13.5 Å². The summed E-state index contributed by atoms with van der Waals surface area (Å²) in [6.07, 6.45) is 0.960. The number of aryl methyl sites for hydroxylation is 1. The van der Waals surface area contributed by atoms with Gasteiger partial charge in [-0.15, -0.1) is 0 Å². The van der Waals surface area contributed by atoms with E-state index >= 15 is 0 Å². The molecule has 0 bridgehead atoms. The fourth-order valence-electron chi connectivity index (χ4n) is 2.42. The van der Waals surface area contributed by atoms with Gasteiger partial charge in [0.05, 0.1) is 10.1 Å². The molecule has 1 atom stereocenters. The number of hydrogen-bond donors (Lipinski definition) is 1. The third-order valence-electron chi connectivity index (χ3n) is 3.88. The summed E-state index contributed by atoms with van der Waals surface area (Å²) >= 11 is 1.32. The standard InChI is InChI=1S/C18H18N2O2S/c1-3-13-8-10-14(11-9-13)19-17(21)12(2)20-18(22)15-6-4-5-7-16(15)23-20/h4-12H,3H2,1-2H3,(H,19,21)/t12-/m0/s1.